The normalized spacial score (nSPS) is 9.50. The zero-order valence-electron chi connectivity index (χ0n) is 7.54. The molecule has 4 nitrogen and oxygen atoms in total. The van der Waals surface area contributed by atoms with Crippen LogP contribution in [-0.2, 0) is 9.59 Å². The topological polar surface area (TPSA) is 57.6 Å². The predicted octanol–water partition coefficient (Wildman–Crippen LogP) is 0.720. The molecule has 4 heteroatoms. The predicted molar refractivity (Wildman–Crippen MR) is 44.8 cm³/mol. The minimum Gasteiger partial charge on any atom is -0.480 e. The van der Waals surface area contributed by atoms with Gasteiger partial charge in [0.15, 0.2) is 0 Å². The molecule has 0 aromatic carbocycles. The highest BCUT2D eigenvalue weighted by molar-refractivity contribution is 5.80. The molecule has 0 aromatic rings. The van der Waals surface area contributed by atoms with Crippen molar-refractivity contribution in [3.8, 4) is 0 Å². The summed E-state index contributed by atoms with van der Waals surface area (Å²) < 4.78 is 0. The van der Waals surface area contributed by atoms with Crippen LogP contribution in [0.25, 0.3) is 0 Å². The number of rotatable bonds is 5. The van der Waals surface area contributed by atoms with Gasteiger partial charge in [-0.25, -0.2) is 0 Å². The van der Waals surface area contributed by atoms with Crippen molar-refractivity contribution in [2.75, 3.05) is 13.6 Å². The Morgan fingerprint density at radius 3 is 2.42 bits per heavy atom. The van der Waals surface area contributed by atoms with Crippen molar-refractivity contribution in [3.05, 3.63) is 0 Å². The van der Waals surface area contributed by atoms with Gasteiger partial charge in [0.25, 0.3) is 0 Å². The number of carboxylic acids is 1. The molecule has 0 bridgehead atoms. The second-order valence-electron chi connectivity index (χ2n) is 2.75. The number of hydrogen-bond acceptors (Lipinski definition) is 2. The monoisotopic (exact) mass is 173 g/mol. The second kappa shape index (κ2) is 5.57. The molecule has 0 fully saturated rings. The van der Waals surface area contributed by atoms with Gasteiger partial charge >= 0.3 is 5.97 Å². The molecule has 0 saturated heterocycles. The fourth-order valence-electron chi connectivity index (χ4n) is 0.810. The number of amides is 1. The maximum absolute atomic E-state index is 11.1. The van der Waals surface area contributed by atoms with Gasteiger partial charge in [0.1, 0.15) is 6.54 Å². The number of nitrogens with zero attached hydrogens (tertiary/aromatic N) is 1. The van der Waals surface area contributed by atoms with Crippen LogP contribution in [-0.4, -0.2) is 35.5 Å². The highest BCUT2D eigenvalue weighted by atomic mass is 16.4. The summed E-state index contributed by atoms with van der Waals surface area (Å²) in [6.07, 6.45) is 2.22. The lowest BCUT2D eigenvalue weighted by Gasteiger charge is -2.13. The van der Waals surface area contributed by atoms with Crippen molar-refractivity contribution in [3.63, 3.8) is 0 Å². The van der Waals surface area contributed by atoms with E-state index in [0.29, 0.717) is 6.42 Å². The van der Waals surface area contributed by atoms with Crippen molar-refractivity contribution in [1.29, 1.82) is 0 Å². The van der Waals surface area contributed by atoms with Crippen LogP contribution in [0, 0.1) is 0 Å². The molecule has 0 saturated carbocycles. The maximum Gasteiger partial charge on any atom is 0.323 e. The Bertz CT molecular complexity index is 168. The highest BCUT2D eigenvalue weighted by Crippen LogP contribution is 1.97. The molecule has 70 valence electrons. The van der Waals surface area contributed by atoms with Crippen LogP contribution < -0.4 is 0 Å². The largest absolute Gasteiger partial charge is 0.480 e. The fourth-order valence-corrected chi connectivity index (χ4v) is 0.810. The van der Waals surface area contributed by atoms with Gasteiger partial charge in [-0.05, 0) is 6.42 Å². The summed E-state index contributed by atoms with van der Waals surface area (Å²) in [6.45, 7) is 1.78. The Morgan fingerprint density at radius 2 is 2.00 bits per heavy atom. The van der Waals surface area contributed by atoms with Crippen LogP contribution in [0.3, 0.4) is 0 Å². The van der Waals surface area contributed by atoms with Crippen molar-refractivity contribution in [1.82, 2.24) is 4.90 Å². The van der Waals surface area contributed by atoms with Gasteiger partial charge in [0, 0.05) is 13.5 Å². The maximum atomic E-state index is 11.1. The van der Waals surface area contributed by atoms with E-state index in [9.17, 15) is 9.59 Å². The lowest BCUT2D eigenvalue weighted by atomic mass is 10.2. The zero-order chi connectivity index (χ0) is 9.56. The summed E-state index contributed by atoms with van der Waals surface area (Å²) >= 11 is 0. The molecule has 0 spiro atoms. The van der Waals surface area contributed by atoms with Crippen molar-refractivity contribution < 1.29 is 14.7 Å². The average Bonchev–Trinajstić information content (AvgIpc) is 1.98. The summed E-state index contributed by atoms with van der Waals surface area (Å²) in [6, 6.07) is 0. The Balaban J connectivity index is 3.69. The first kappa shape index (κ1) is 10.9. The van der Waals surface area contributed by atoms with E-state index in [-0.39, 0.29) is 12.5 Å². The minimum atomic E-state index is -0.970. The minimum absolute atomic E-state index is 0.0979. The van der Waals surface area contributed by atoms with Crippen molar-refractivity contribution in [2.24, 2.45) is 0 Å². The van der Waals surface area contributed by atoms with Crippen LogP contribution >= 0.6 is 0 Å². The molecule has 0 radical (unpaired) electrons. The van der Waals surface area contributed by atoms with Crippen LogP contribution in [0.5, 0.6) is 0 Å². The molecule has 0 aromatic heterocycles. The molecule has 0 aliphatic heterocycles. The number of likely N-dealkylation sites (N-methyl/N-ethyl adjacent to an activating group) is 1. The van der Waals surface area contributed by atoms with E-state index < -0.39 is 5.97 Å². The van der Waals surface area contributed by atoms with Gasteiger partial charge in [-0.2, -0.15) is 0 Å². The van der Waals surface area contributed by atoms with Crippen LogP contribution in [0.15, 0.2) is 0 Å². The lowest BCUT2D eigenvalue weighted by Crippen LogP contribution is -2.31. The number of hydrogen-bond donors (Lipinski definition) is 1. The molecule has 0 heterocycles. The Kier molecular flexibility index (Phi) is 5.08. The Labute approximate surface area is 72.2 Å². The van der Waals surface area contributed by atoms with Crippen LogP contribution in [0.2, 0.25) is 0 Å². The van der Waals surface area contributed by atoms with E-state index in [1.807, 2.05) is 6.92 Å². The lowest BCUT2D eigenvalue weighted by molar-refractivity contribution is -0.143. The van der Waals surface area contributed by atoms with Gasteiger partial charge in [0.05, 0.1) is 0 Å². The third-order valence-electron chi connectivity index (χ3n) is 1.54. The fraction of sp³-hybridized carbons (Fsp3) is 0.750. The van der Waals surface area contributed by atoms with E-state index >= 15 is 0 Å². The zero-order valence-corrected chi connectivity index (χ0v) is 7.54. The molecular weight excluding hydrogens is 158 g/mol. The molecule has 0 atom stereocenters. The molecular formula is C8H15NO3. The molecule has 0 unspecified atom stereocenters. The van der Waals surface area contributed by atoms with Gasteiger partial charge in [-0.3, -0.25) is 9.59 Å². The van der Waals surface area contributed by atoms with Gasteiger partial charge in [-0.1, -0.05) is 13.3 Å². The smallest absolute Gasteiger partial charge is 0.323 e. The number of carboxylic acid groups (broad SMARTS) is 1. The van der Waals surface area contributed by atoms with Gasteiger partial charge in [0.2, 0.25) is 5.91 Å². The SMILES string of the molecule is CCCCC(=O)N(C)CC(=O)O. The van der Waals surface area contributed by atoms with Crippen molar-refractivity contribution >= 4 is 11.9 Å². The molecule has 12 heavy (non-hydrogen) atoms. The molecule has 0 rings (SSSR count). The standard InChI is InChI=1S/C8H15NO3/c1-3-4-5-7(10)9(2)6-8(11)12/h3-6H2,1-2H3,(H,11,12). The van der Waals surface area contributed by atoms with E-state index in [4.69, 9.17) is 5.11 Å². The molecule has 1 amide bonds. The number of carbonyl (C=O) groups is 2. The molecule has 1 N–H and O–H groups in total. The quantitative estimate of drug-likeness (QED) is 0.666. The Morgan fingerprint density at radius 1 is 1.42 bits per heavy atom. The first-order chi connectivity index (χ1) is 5.57. The first-order valence-corrected chi connectivity index (χ1v) is 4.03. The van der Waals surface area contributed by atoms with Crippen LogP contribution in [0.4, 0.5) is 0 Å². The summed E-state index contributed by atoms with van der Waals surface area (Å²) in [5.41, 5.74) is 0. The van der Waals surface area contributed by atoms with E-state index in [2.05, 4.69) is 0 Å². The third-order valence-corrected chi connectivity index (χ3v) is 1.54. The van der Waals surface area contributed by atoms with E-state index in [1.165, 1.54) is 11.9 Å². The number of carbonyl (C=O) groups excluding carboxylic acids is 1. The Hall–Kier alpha value is -1.06. The molecule has 0 aliphatic carbocycles. The number of aliphatic carboxylic acids is 1. The van der Waals surface area contributed by atoms with Gasteiger partial charge < -0.3 is 10.0 Å². The summed E-state index contributed by atoms with van der Waals surface area (Å²) in [5, 5.41) is 8.36. The van der Waals surface area contributed by atoms with Crippen LogP contribution in [0.1, 0.15) is 26.2 Å². The average molecular weight is 173 g/mol. The molecule has 0 aliphatic rings. The highest BCUT2D eigenvalue weighted by Gasteiger charge is 2.10. The van der Waals surface area contributed by atoms with Gasteiger partial charge in [-0.15, -0.1) is 0 Å². The van der Waals surface area contributed by atoms with Crippen molar-refractivity contribution in [2.45, 2.75) is 26.2 Å². The summed E-state index contributed by atoms with van der Waals surface area (Å²) in [5.74, 6) is -1.07. The third kappa shape index (κ3) is 4.71. The first-order valence-electron chi connectivity index (χ1n) is 4.03. The second-order valence-corrected chi connectivity index (χ2v) is 2.75. The summed E-state index contributed by atoms with van der Waals surface area (Å²) in [4.78, 5) is 22.5. The van der Waals surface area contributed by atoms with E-state index in [1.54, 1.807) is 0 Å². The number of unbranched alkanes of at least 4 members (excludes halogenated alkanes) is 1. The summed E-state index contributed by atoms with van der Waals surface area (Å²) in [7, 11) is 1.51. The van der Waals surface area contributed by atoms with E-state index in [0.717, 1.165) is 12.8 Å².